The van der Waals surface area contributed by atoms with Crippen LogP contribution < -0.4 is 14.2 Å². The fourth-order valence-corrected chi connectivity index (χ4v) is 5.04. The number of hydrogen-bond acceptors (Lipinski definition) is 7. The predicted molar refractivity (Wildman–Crippen MR) is 141 cm³/mol. The molecule has 5 rings (SSSR count). The molecule has 2 aliphatic heterocycles. The molecule has 2 aliphatic rings. The minimum absolute atomic E-state index is 0.0254. The number of carbonyl (C=O) groups is 2. The highest BCUT2D eigenvalue weighted by Gasteiger charge is 2.46. The van der Waals surface area contributed by atoms with Crippen molar-refractivity contribution in [2.75, 3.05) is 13.2 Å². The number of aromatic nitrogens is 1. The molecule has 8 nitrogen and oxygen atoms in total. The van der Waals surface area contributed by atoms with Crippen LogP contribution in [0.5, 0.6) is 17.2 Å². The van der Waals surface area contributed by atoms with E-state index in [-0.39, 0.29) is 24.0 Å². The molecule has 2 aromatic carbocycles. The number of nitrogens with zero attached hydrogens (tertiary/aromatic N) is 2. The van der Waals surface area contributed by atoms with Gasteiger partial charge in [0.05, 0.1) is 24.8 Å². The number of ketones is 1. The number of rotatable bonds is 8. The summed E-state index contributed by atoms with van der Waals surface area (Å²) in [6.07, 6.45) is 4.04. The monoisotopic (exact) mass is 514 g/mol. The summed E-state index contributed by atoms with van der Waals surface area (Å²) in [5, 5.41) is 11.5. The standard InChI is InChI=1S/C30H30N2O6/c1-4-36-24-11-8-20(15-25(24)37-5-2)27-26(28(33)21-9-10-23-22(14-21)13-18(3)38-23)29(34)30(35)32(27)17-19-7-6-12-31-16-19/h6-12,14-16,18,27,33H,4-5,13,17H2,1-3H3/b28-26-. The second-order valence-corrected chi connectivity index (χ2v) is 9.32. The van der Waals surface area contributed by atoms with Gasteiger partial charge in [-0.3, -0.25) is 14.6 Å². The summed E-state index contributed by atoms with van der Waals surface area (Å²) in [7, 11) is 0. The van der Waals surface area contributed by atoms with E-state index in [9.17, 15) is 14.7 Å². The summed E-state index contributed by atoms with van der Waals surface area (Å²) < 4.78 is 17.3. The van der Waals surface area contributed by atoms with E-state index in [1.807, 2.05) is 32.9 Å². The third-order valence-electron chi connectivity index (χ3n) is 6.67. The van der Waals surface area contributed by atoms with E-state index in [0.717, 1.165) is 16.9 Å². The molecule has 1 amide bonds. The molecule has 196 valence electrons. The summed E-state index contributed by atoms with van der Waals surface area (Å²) in [5.74, 6) is 0.169. The SMILES string of the molecule is CCOc1ccc(C2/C(=C(/O)c3ccc4c(c3)CC(C)O4)C(=O)C(=O)N2Cc2cccnc2)cc1OCC. The Morgan fingerprint density at radius 2 is 1.87 bits per heavy atom. The Kier molecular flexibility index (Phi) is 7.05. The average molecular weight is 515 g/mol. The number of likely N-dealkylation sites (tertiary alicyclic amines) is 1. The molecule has 3 aromatic rings. The molecule has 0 saturated carbocycles. The van der Waals surface area contributed by atoms with Gasteiger partial charge in [0.25, 0.3) is 11.7 Å². The van der Waals surface area contributed by atoms with Gasteiger partial charge in [-0.1, -0.05) is 12.1 Å². The molecule has 2 atom stereocenters. The smallest absolute Gasteiger partial charge is 0.295 e. The van der Waals surface area contributed by atoms with Crippen molar-refractivity contribution in [3.63, 3.8) is 0 Å². The van der Waals surface area contributed by atoms with Crippen LogP contribution in [0.2, 0.25) is 0 Å². The highest BCUT2D eigenvalue weighted by molar-refractivity contribution is 6.46. The number of Topliss-reactive ketones (excluding diaryl/α,β-unsaturated/α-hetero) is 1. The zero-order valence-electron chi connectivity index (χ0n) is 21.6. The molecule has 1 fully saturated rings. The van der Waals surface area contributed by atoms with Gasteiger partial charge in [0.2, 0.25) is 0 Å². The number of pyridine rings is 1. The van der Waals surface area contributed by atoms with Crippen molar-refractivity contribution >= 4 is 17.4 Å². The molecule has 0 radical (unpaired) electrons. The number of aliphatic hydroxyl groups is 1. The maximum absolute atomic E-state index is 13.5. The first-order valence-corrected chi connectivity index (χ1v) is 12.8. The molecular weight excluding hydrogens is 484 g/mol. The Bertz CT molecular complexity index is 1400. The lowest BCUT2D eigenvalue weighted by Crippen LogP contribution is -2.29. The first kappa shape index (κ1) is 25.3. The number of benzene rings is 2. The van der Waals surface area contributed by atoms with E-state index in [4.69, 9.17) is 14.2 Å². The zero-order valence-corrected chi connectivity index (χ0v) is 21.6. The molecule has 1 N–H and O–H groups in total. The number of fused-ring (bicyclic) bond motifs is 1. The summed E-state index contributed by atoms with van der Waals surface area (Å²) >= 11 is 0. The summed E-state index contributed by atoms with van der Waals surface area (Å²) in [5.41, 5.74) is 2.82. The van der Waals surface area contributed by atoms with Crippen molar-refractivity contribution in [1.29, 1.82) is 0 Å². The van der Waals surface area contributed by atoms with E-state index < -0.39 is 17.7 Å². The lowest BCUT2D eigenvalue weighted by molar-refractivity contribution is -0.140. The van der Waals surface area contributed by atoms with E-state index in [2.05, 4.69) is 4.98 Å². The summed E-state index contributed by atoms with van der Waals surface area (Å²) in [4.78, 5) is 32.5. The fourth-order valence-electron chi connectivity index (χ4n) is 5.04. The normalized spacial score (nSPS) is 19.8. The Morgan fingerprint density at radius 3 is 2.61 bits per heavy atom. The van der Waals surface area contributed by atoms with Gasteiger partial charge < -0.3 is 24.2 Å². The van der Waals surface area contributed by atoms with Crippen molar-refractivity contribution in [2.24, 2.45) is 0 Å². The number of carbonyl (C=O) groups excluding carboxylic acids is 2. The number of ether oxygens (including phenoxy) is 3. The molecular formula is C30H30N2O6. The molecule has 1 saturated heterocycles. The van der Waals surface area contributed by atoms with Crippen molar-refractivity contribution in [2.45, 2.75) is 45.9 Å². The molecule has 0 bridgehead atoms. The minimum atomic E-state index is -0.839. The summed E-state index contributed by atoms with van der Waals surface area (Å²) in [6.45, 7) is 6.75. The van der Waals surface area contributed by atoms with Gasteiger partial charge in [0, 0.05) is 30.9 Å². The number of aliphatic hydroxyl groups excluding tert-OH is 1. The molecule has 0 aliphatic carbocycles. The highest BCUT2D eigenvalue weighted by atomic mass is 16.5. The van der Waals surface area contributed by atoms with Crippen LogP contribution >= 0.6 is 0 Å². The topological polar surface area (TPSA) is 98.2 Å². The summed E-state index contributed by atoms with van der Waals surface area (Å²) in [6, 6.07) is 13.4. The number of amides is 1. The van der Waals surface area contributed by atoms with Gasteiger partial charge in [-0.05, 0) is 73.9 Å². The predicted octanol–water partition coefficient (Wildman–Crippen LogP) is 4.82. The van der Waals surface area contributed by atoms with Gasteiger partial charge in [-0.15, -0.1) is 0 Å². The van der Waals surface area contributed by atoms with Crippen LogP contribution in [0.4, 0.5) is 0 Å². The molecule has 1 aromatic heterocycles. The van der Waals surface area contributed by atoms with Crippen molar-refractivity contribution in [1.82, 2.24) is 9.88 Å². The number of hydrogen-bond donors (Lipinski definition) is 1. The highest BCUT2D eigenvalue weighted by Crippen LogP contribution is 2.43. The van der Waals surface area contributed by atoms with Crippen LogP contribution in [0.25, 0.3) is 5.76 Å². The molecule has 0 spiro atoms. The van der Waals surface area contributed by atoms with Gasteiger partial charge in [-0.25, -0.2) is 0 Å². The third-order valence-corrected chi connectivity index (χ3v) is 6.67. The van der Waals surface area contributed by atoms with Crippen LogP contribution in [-0.2, 0) is 22.6 Å². The fraction of sp³-hybridized carbons (Fsp3) is 0.300. The van der Waals surface area contributed by atoms with Crippen molar-refractivity contribution in [3.05, 3.63) is 88.8 Å². The van der Waals surface area contributed by atoms with E-state index in [0.29, 0.717) is 42.3 Å². The maximum atomic E-state index is 13.5. The molecule has 3 heterocycles. The van der Waals surface area contributed by atoms with Crippen LogP contribution in [0.3, 0.4) is 0 Å². The molecule has 38 heavy (non-hydrogen) atoms. The average Bonchev–Trinajstić information content (AvgIpc) is 3.41. The quantitative estimate of drug-likeness (QED) is 0.261. The Labute approximate surface area is 221 Å². The van der Waals surface area contributed by atoms with Gasteiger partial charge >= 0.3 is 0 Å². The van der Waals surface area contributed by atoms with E-state index in [1.54, 1.807) is 48.8 Å². The zero-order chi connectivity index (χ0) is 26.8. The van der Waals surface area contributed by atoms with Gasteiger partial charge in [0.1, 0.15) is 17.6 Å². The largest absolute Gasteiger partial charge is 0.507 e. The van der Waals surface area contributed by atoms with Crippen molar-refractivity contribution < 1.29 is 28.9 Å². The third kappa shape index (κ3) is 4.69. The second-order valence-electron chi connectivity index (χ2n) is 9.32. The van der Waals surface area contributed by atoms with Crippen LogP contribution in [0, 0.1) is 0 Å². The van der Waals surface area contributed by atoms with E-state index in [1.165, 1.54) is 4.90 Å². The van der Waals surface area contributed by atoms with Crippen LogP contribution in [0.15, 0.2) is 66.5 Å². The van der Waals surface area contributed by atoms with E-state index >= 15 is 0 Å². The minimum Gasteiger partial charge on any atom is -0.507 e. The lowest BCUT2D eigenvalue weighted by atomic mass is 9.94. The first-order valence-electron chi connectivity index (χ1n) is 12.8. The van der Waals surface area contributed by atoms with Crippen LogP contribution in [0.1, 0.15) is 49.1 Å². The second kappa shape index (κ2) is 10.6. The Morgan fingerprint density at radius 1 is 1.08 bits per heavy atom. The lowest BCUT2D eigenvalue weighted by Gasteiger charge is -2.26. The van der Waals surface area contributed by atoms with Gasteiger partial charge in [0.15, 0.2) is 11.5 Å². The Hall–Kier alpha value is -4.33. The van der Waals surface area contributed by atoms with Gasteiger partial charge in [-0.2, -0.15) is 0 Å². The maximum Gasteiger partial charge on any atom is 0.295 e. The molecule has 8 heteroatoms. The Balaban J connectivity index is 1.65. The first-order chi connectivity index (χ1) is 18.4. The van der Waals surface area contributed by atoms with Crippen LogP contribution in [-0.4, -0.2) is 46.0 Å². The van der Waals surface area contributed by atoms with Crippen molar-refractivity contribution in [3.8, 4) is 17.2 Å². The molecule has 2 unspecified atom stereocenters.